The minimum Gasteiger partial charge on any atom is -0.480 e. The average Bonchev–Trinajstić information content (AvgIpc) is 2.12. The molecule has 0 aromatic carbocycles. The summed E-state index contributed by atoms with van der Waals surface area (Å²) in [4.78, 5) is 22.2. The number of carboxylic acid groups (broad SMARTS) is 2. The lowest BCUT2D eigenvalue weighted by Crippen LogP contribution is -2.40. The molecule has 2 N–H and O–H groups in total. The van der Waals surface area contributed by atoms with Crippen LogP contribution in [0.15, 0.2) is 0 Å². The van der Waals surface area contributed by atoms with Gasteiger partial charge >= 0.3 is 18.1 Å². The van der Waals surface area contributed by atoms with Gasteiger partial charge in [0.05, 0.1) is 13.1 Å². The summed E-state index contributed by atoms with van der Waals surface area (Å²) in [6.45, 7) is 0.515. The van der Waals surface area contributed by atoms with Crippen molar-refractivity contribution in [1.82, 2.24) is 4.90 Å². The highest BCUT2D eigenvalue weighted by molar-refractivity contribution is 5.72. The number of nitrogens with zero attached hydrogens (tertiary/aromatic N) is 1. The van der Waals surface area contributed by atoms with Gasteiger partial charge in [0.25, 0.3) is 0 Å². The third-order valence-electron chi connectivity index (χ3n) is 2.38. The van der Waals surface area contributed by atoms with Crippen molar-refractivity contribution in [2.75, 3.05) is 13.1 Å². The summed E-state index contributed by atoms with van der Waals surface area (Å²) in [5.41, 5.74) is 0. The second kappa shape index (κ2) is 7.20. The molecule has 0 aromatic rings. The zero-order chi connectivity index (χ0) is 14.3. The lowest BCUT2D eigenvalue weighted by atomic mass is 10.1. The monoisotopic (exact) mass is 271 g/mol. The standard InChI is InChI=1S/C10H16F3NO4/c1-7(3-2-4-10(11,12)13)14(5-8(15)16)6-9(17)18/h7H,2-6H2,1H3,(H,15,16)(H,17,18). The lowest BCUT2D eigenvalue weighted by molar-refractivity contribution is -0.144. The predicted octanol–water partition coefficient (Wildman–Crippen LogP) is 1.58. The first kappa shape index (κ1) is 16.7. The molecule has 18 heavy (non-hydrogen) atoms. The molecule has 8 heteroatoms. The van der Waals surface area contributed by atoms with Crippen LogP contribution in [-0.4, -0.2) is 52.4 Å². The molecule has 1 unspecified atom stereocenters. The molecular weight excluding hydrogens is 255 g/mol. The number of hydrogen-bond donors (Lipinski definition) is 2. The molecule has 0 aromatic heterocycles. The van der Waals surface area contributed by atoms with Crippen molar-refractivity contribution in [2.24, 2.45) is 0 Å². The molecular formula is C10H16F3NO4. The highest BCUT2D eigenvalue weighted by Crippen LogP contribution is 2.23. The Kier molecular flexibility index (Phi) is 6.67. The zero-order valence-electron chi connectivity index (χ0n) is 9.90. The number of carboxylic acids is 2. The summed E-state index contributed by atoms with van der Waals surface area (Å²) in [6.07, 6.45) is -5.25. The number of alkyl halides is 3. The van der Waals surface area contributed by atoms with Gasteiger partial charge in [0.15, 0.2) is 0 Å². The van der Waals surface area contributed by atoms with E-state index >= 15 is 0 Å². The maximum Gasteiger partial charge on any atom is 0.389 e. The predicted molar refractivity (Wildman–Crippen MR) is 56.2 cm³/mol. The van der Waals surface area contributed by atoms with E-state index in [2.05, 4.69) is 0 Å². The molecule has 0 heterocycles. The molecule has 0 bridgehead atoms. The van der Waals surface area contributed by atoms with Gasteiger partial charge in [-0.2, -0.15) is 13.2 Å². The maximum atomic E-state index is 11.9. The molecule has 0 aliphatic carbocycles. The van der Waals surface area contributed by atoms with E-state index in [0.29, 0.717) is 0 Å². The average molecular weight is 271 g/mol. The largest absolute Gasteiger partial charge is 0.480 e. The Morgan fingerprint density at radius 1 is 1.17 bits per heavy atom. The quantitative estimate of drug-likeness (QED) is 0.700. The van der Waals surface area contributed by atoms with Crippen molar-refractivity contribution in [3.63, 3.8) is 0 Å². The van der Waals surface area contributed by atoms with Crippen molar-refractivity contribution >= 4 is 11.9 Å². The van der Waals surface area contributed by atoms with Crippen LogP contribution in [0.25, 0.3) is 0 Å². The number of carbonyl (C=O) groups is 2. The van der Waals surface area contributed by atoms with Crippen LogP contribution in [0, 0.1) is 0 Å². The molecule has 0 amide bonds. The second-order valence-corrected chi connectivity index (χ2v) is 4.05. The Morgan fingerprint density at radius 3 is 1.94 bits per heavy atom. The Bertz CT molecular complexity index is 277. The molecule has 5 nitrogen and oxygen atoms in total. The van der Waals surface area contributed by atoms with E-state index in [1.54, 1.807) is 0 Å². The molecule has 106 valence electrons. The Labute approximate surface area is 102 Å². The highest BCUT2D eigenvalue weighted by Gasteiger charge is 2.27. The maximum absolute atomic E-state index is 11.9. The van der Waals surface area contributed by atoms with Crippen LogP contribution in [0.5, 0.6) is 0 Å². The first-order valence-corrected chi connectivity index (χ1v) is 5.36. The number of hydrogen-bond acceptors (Lipinski definition) is 3. The fourth-order valence-electron chi connectivity index (χ4n) is 1.50. The number of rotatable bonds is 8. The van der Waals surface area contributed by atoms with Gasteiger partial charge in [0.2, 0.25) is 0 Å². The van der Waals surface area contributed by atoms with E-state index in [4.69, 9.17) is 10.2 Å². The van der Waals surface area contributed by atoms with Crippen molar-refractivity contribution in [3.8, 4) is 0 Å². The highest BCUT2D eigenvalue weighted by atomic mass is 19.4. The molecule has 0 rings (SSSR count). The summed E-state index contributed by atoms with van der Waals surface area (Å²) < 4.78 is 35.8. The van der Waals surface area contributed by atoms with Crippen LogP contribution in [0.2, 0.25) is 0 Å². The van der Waals surface area contributed by atoms with Crippen LogP contribution < -0.4 is 0 Å². The van der Waals surface area contributed by atoms with Crippen molar-refractivity contribution < 1.29 is 33.0 Å². The molecule has 0 saturated heterocycles. The third kappa shape index (κ3) is 8.80. The molecule has 0 aliphatic heterocycles. The van der Waals surface area contributed by atoms with Gasteiger partial charge < -0.3 is 10.2 Å². The fraction of sp³-hybridized carbons (Fsp3) is 0.800. The molecule has 0 fully saturated rings. The van der Waals surface area contributed by atoms with E-state index in [9.17, 15) is 22.8 Å². The summed E-state index contributed by atoms with van der Waals surface area (Å²) in [7, 11) is 0. The van der Waals surface area contributed by atoms with Crippen molar-refractivity contribution in [3.05, 3.63) is 0 Å². The first-order chi connectivity index (χ1) is 8.11. The molecule has 0 spiro atoms. The normalized spacial score (nSPS) is 13.6. The van der Waals surface area contributed by atoms with Crippen molar-refractivity contribution in [1.29, 1.82) is 0 Å². The van der Waals surface area contributed by atoms with E-state index < -0.39 is 43.7 Å². The minimum atomic E-state index is -4.25. The first-order valence-electron chi connectivity index (χ1n) is 5.36. The van der Waals surface area contributed by atoms with E-state index in [0.717, 1.165) is 4.90 Å². The number of aliphatic carboxylic acids is 2. The molecule has 0 saturated carbocycles. The van der Waals surface area contributed by atoms with Crippen LogP contribution in [0.1, 0.15) is 26.2 Å². The zero-order valence-corrected chi connectivity index (χ0v) is 9.90. The van der Waals surface area contributed by atoms with Gasteiger partial charge in [-0.3, -0.25) is 14.5 Å². The number of halogens is 3. The summed E-state index contributed by atoms with van der Waals surface area (Å²) in [6, 6.07) is -0.528. The summed E-state index contributed by atoms with van der Waals surface area (Å²) in [5.74, 6) is -2.42. The lowest BCUT2D eigenvalue weighted by Gasteiger charge is -2.25. The molecule has 0 radical (unpaired) electrons. The van der Waals surface area contributed by atoms with Crippen molar-refractivity contribution in [2.45, 2.75) is 38.4 Å². The van der Waals surface area contributed by atoms with E-state index in [-0.39, 0.29) is 12.8 Å². The van der Waals surface area contributed by atoms with Gasteiger partial charge in [0.1, 0.15) is 0 Å². The smallest absolute Gasteiger partial charge is 0.389 e. The van der Waals surface area contributed by atoms with Gasteiger partial charge in [-0.15, -0.1) is 0 Å². The molecule has 0 aliphatic rings. The second-order valence-electron chi connectivity index (χ2n) is 4.05. The van der Waals surface area contributed by atoms with Gasteiger partial charge in [0, 0.05) is 12.5 Å². The third-order valence-corrected chi connectivity index (χ3v) is 2.38. The Morgan fingerprint density at radius 2 is 1.61 bits per heavy atom. The Hall–Kier alpha value is -1.31. The van der Waals surface area contributed by atoms with Gasteiger partial charge in [-0.1, -0.05) is 0 Å². The van der Waals surface area contributed by atoms with Crippen LogP contribution >= 0.6 is 0 Å². The van der Waals surface area contributed by atoms with E-state index in [1.807, 2.05) is 0 Å². The van der Waals surface area contributed by atoms with Gasteiger partial charge in [-0.25, -0.2) is 0 Å². The van der Waals surface area contributed by atoms with Gasteiger partial charge in [-0.05, 0) is 19.8 Å². The van der Waals surface area contributed by atoms with Crippen LogP contribution in [0.3, 0.4) is 0 Å². The molecule has 1 atom stereocenters. The Balaban J connectivity index is 4.24. The van der Waals surface area contributed by atoms with E-state index in [1.165, 1.54) is 6.92 Å². The topological polar surface area (TPSA) is 77.8 Å². The fourth-order valence-corrected chi connectivity index (χ4v) is 1.50. The minimum absolute atomic E-state index is 0.0973. The van der Waals surface area contributed by atoms with Crippen LogP contribution in [-0.2, 0) is 9.59 Å². The van der Waals surface area contributed by atoms with Crippen LogP contribution in [0.4, 0.5) is 13.2 Å². The SMILES string of the molecule is CC(CCCC(F)(F)F)N(CC(=O)O)CC(=O)O. The summed E-state index contributed by atoms with van der Waals surface area (Å²) in [5, 5.41) is 17.2. The summed E-state index contributed by atoms with van der Waals surface area (Å²) >= 11 is 0.